The Hall–Kier alpha value is -2.04. The van der Waals surface area contributed by atoms with E-state index in [9.17, 15) is 4.79 Å². The SMILES string of the molecule is COC(=O)N/N=C(/C)c1cccc(N)c1. The van der Waals surface area contributed by atoms with Gasteiger partial charge in [-0.2, -0.15) is 5.10 Å². The molecule has 0 spiro atoms. The molecule has 0 saturated carbocycles. The summed E-state index contributed by atoms with van der Waals surface area (Å²) in [6, 6.07) is 7.23. The van der Waals surface area contributed by atoms with Gasteiger partial charge >= 0.3 is 6.09 Å². The number of hydrogen-bond donors (Lipinski definition) is 2. The van der Waals surface area contributed by atoms with Gasteiger partial charge in [-0.3, -0.25) is 0 Å². The Morgan fingerprint density at radius 3 is 2.87 bits per heavy atom. The average molecular weight is 207 g/mol. The van der Waals surface area contributed by atoms with Crippen molar-refractivity contribution in [2.45, 2.75) is 6.92 Å². The van der Waals surface area contributed by atoms with Crippen LogP contribution < -0.4 is 11.2 Å². The van der Waals surface area contributed by atoms with E-state index < -0.39 is 6.09 Å². The number of carbonyl (C=O) groups is 1. The topological polar surface area (TPSA) is 76.7 Å². The predicted molar refractivity (Wildman–Crippen MR) is 58.6 cm³/mol. The number of nitrogens with one attached hydrogen (secondary N) is 1. The number of nitrogens with two attached hydrogens (primary N) is 1. The van der Waals surface area contributed by atoms with Crippen LogP contribution in [0.1, 0.15) is 12.5 Å². The van der Waals surface area contributed by atoms with Gasteiger partial charge in [-0.25, -0.2) is 10.2 Å². The first-order valence-electron chi connectivity index (χ1n) is 4.37. The molecule has 0 radical (unpaired) electrons. The van der Waals surface area contributed by atoms with E-state index in [1.165, 1.54) is 7.11 Å². The van der Waals surface area contributed by atoms with Crippen LogP contribution in [-0.2, 0) is 4.74 Å². The standard InChI is InChI=1S/C10H13N3O2/c1-7(12-13-10(14)15-2)8-4-3-5-9(11)6-8/h3-6H,11H2,1-2H3,(H,13,14)/b12-7-. The Morgan fingerprint density at radius 2 is 2.27 bits per heavy atom. The van der Waals surface area contributed by atoms with Crippen LogP contribution in [0, 0.1) is 0 Å². The molecule has 0 heterocycles. The number of benzene rings is 1. The van der Waals surface area contributed by atoms with Gasteiger partial charge in [0.25, 0.3) is 0 Å². The number of rotatable bonds is 2. The zero-order valence-electron chi connectivity index (χ0n) is 8.65. The molecule has 0 aromatic heterocycles. The van der Waals surface area contributed by atoms with Gasteiger partial charge in [0.05, 0.1) is 12.8 Å². The Balaban J connectivity index is 2.75. The van der Waals surface area contributed by atoms with Crippen LogP contribution in [0.3, 0.4) is 0 Å². The minimum absolute atomic E-state index is 0.599. The van der Waals surface area contributed by atoms with E-state index >= 15 is 0 Å². The number of anilines is 1. The van der Waals surface area contributed by atoms with Crippen LogP contribution in [-0.4, -0.2) is 18.9 Å². The lowest BCUT2D eigenvalue weighted by Crippen LogP contribution is -2.18. The van der Waals surface area contributed by atoms with Crippen LogP contribution in [0.25, 0.3) is 0 Å². The molecule has 0 fully saturated rings. The molecule has 1 amide bonds. The lowest BCUT2D eigenvalue weighted by Gasteiger charge is -2.02. The maximum atomic E-state index is 10.7. The first kappa shape index (κ1) is 11.0. The lowest BCUT2D eigenvalue weighted by atomic mass is 10.1. The fourth-order valence-electron chi connectivity index (χ4n) is 1.00. The number of amides is 1. The zero-order valence-corrected chi connectivity index (χ0v) is 8.65. The monoisotopic (exact) mass is 207 g/mol. The molecule has 1 rings (SSSR count). The van der Waals surface area contributed by atoms with Crippen molar-refractivity contribution >= 4 is 17.5 Å². The number of nitrogen functional groups attached to an aromatic ring is 1. The van der Waals surface area contributed by atoms with Crippen molar-refractivity contribution in [3.05, 3.63) is 29.8 Å². The third kappa shape index (κ3) is 3.30. The number of nitrogens with zero attached hydrogens (tertiary/aromatic N) is 1. The van der Waals surface area contributed by atoms with Gasteiger partial charge in [-0.05, 0) is 24.6 Å². The van der Waals surface area contributed by atoms with E-state index in [1.807, 2.05) is 12.1 Å². The van der Waals surface area contributed by atoms with Gasteiger partial charge in [-0.15, -0.1) is 0 Å². The number of ether oxygens (including phenoxy) is 1. The Labute approximate surface area is 87.9 Å². The Kier molecular flexibility index (Phi) is 3.68. The molecule has 3 N–H and O–H groups in total. The molecule has 0 atom stereocenters. The molecule has 0 unspecified atom stereocenters. The molecule has 1 aromatic rings. The van der Waals surface area contributed by atoms with E-state index in [0.29, 0.717) is 11.4 Å². The Bertz CT molecular complexity index is 388. The molecule has 15 heavy (non-hydrogen) atoms. The van der Waals surface area contributed by atoms with E-state index in [4.69, 9.17) is 5.73 Å². The fraction of sp³-hybridized carbons (Fsp3) is 0.200. The van der Waals surface area contributed by atoms with E-state index in [2.05, 4.69) is 15.3 Å². The van der Waals surface area contributed by atoms with E-state index in [1.54, 1.807) is 19.1 Å². The second kappa shape index (κ2) is 4.99. The highest BCUT2D eigenvalue weighted by Gasteiger charge is 1.99. The molecule has 0 bridgehead atoms. The lowest BCUT2D eigenvalue weighted by molar-refractivity contribution is 0.171. The summed E-state index contributed by atoms with van der Waals surface area (Å²) in [6.07, 6.45) is -0.599. The number of hydrazone groups is 1. The van der Waals surface area contributed by atoms with Crippen LogP contribution in [0.15, 0.2) is 29.4 Å². The molecule has 5 nitrogen and oxygen atoms in total. The van der Waals surface area contributed by atoms with Crippen LogP contribution in [0.4, 0.5) is 10.5 Å². The fourth-order valence-corrected chi connectivity index (χ4v) is 1.00. The first-order chi connectivity index (χ1) is 7.13. The summed E-state index contributed by atoms with van der Waals surface area (Å²) in [4.78, 5) is 10.7. The van der Waals surface area contributed by atoms with Crippen LogP contribution in [0.5, 0.6) is 0 Å². The van der Waals surface area contributed by atoms with Crippen molar-refractivity contribution < 1.29 is 9.53 Å². The Morgan fingerprint density at radius 1 is 1.53 bits per heavy atom. The molecule has 0 saturated heterocycles. The summed E-state index contributed by atoms with van der Waals surface area (Å²) in [5.41, 5.74) is 10.0. The van der Waals surface area contributed by atoms with Gasteiger partial charge in [-0.1, -0.05) is 12.1 Å². The maximum absolute atomic E-state index is 10.7. The minimum atomic E-state index is -0.599. The second-order valence-electron chi connectivity index (χ2n) is 2.93. The third-order valence-electron chi connectivity index (χ3n) is 1.80. The largest absolute Gasteiger partial charge is 0.452 e. The highest BCUT2D eigenvalue weighted by Crippen LogP contribution is 2.07. The summed E-state index contributed by atoms with van der Waals surface area (Å²) < 4.78 is 4.38. The quantitative estimate of drug-likeness (QED) is 0.436. The van der Waals surface area contributed by atoms with Crippen molar-refractivity contribution in [1.29, 1.82) is 0 Å². The molecule has 5 heteroatoms. The van der Waals surface area contributed by atoms with Gasteiger partial charge < -0.3 is 10.5 Å². The number of carbonyl (C=O) groups excluding carboxylic acids is 1. The van der Waals surface area contributed by atoms with Gasteiger partial charge in [0.15, 0.2) is 0 Å². The molecule has 0 aliphatic heterocycles. The molecular weight excluding hydrogens is 194 g/mol. The van der Waals surface area contributed by atoms with Crippen molar-refractivity contribution in [2.75, 3.05) is 12.8 Å². The summed E-state index contributed by atoms with van der Waals surface area (Å²) in [5.74, 6) is 0. The third-order valence-corrected chi connectivity index (χ3v) is 1.80. The summed E-state index contributed by atoms with van der Waals surface area (Å²) >= 11 is 0. The van der Waals surface area contributed by atoms with Gasteiger partial charge in [0.2, 0.25) is 0 Å². The van der Waals surface area contributed by atoms with E-state index in [-0.39, 0.29) is 0 Å². The highest BCUT2D eigenvalue weighted by atomic mass is 16.5. The molecule has 0 aliphatic rings. The van der Waals surface area contributed by atoms with Crippen molar-refractivity contribution in [2.24, 2.45) is 5.10 Å². The first-order valence-corrected chi connectivity index (χ1v) is 4.37. The molecular formula is C10H13N3O2. The molecule has 1 aromatic carbocycles. The zero-order chi connectivity index (χ0) is 11.3. The van der Waals surface area contributed by atoms with Crippen molar-refractivity contribution in [3.63, 3.8) is 0 Å². The van der Waals surface area contributed by atoms with Crippen LogP contribution in [0.2, 0.25) is 0 Å². The van der Waals surface area contributed by atoms with Crippen molar-refractivity contribution in [3.8, 4) is 0 Å². The highest BCUT2D eigenvalue weighted by molar-refractivity contribution is 5.99. The minimum Gasteiger partial charge on any atom is -0.452 e. The van der Waals surface area contributed by atoms with E-state index in [0.717, 1.165) is 5.56 Å². The second-order valence-corrected chi connectivity index (χ2v) is 2.93. The van der Waals surface area contributed by atoms with Gasteiger partial charge in [0, 0.05) is 5.69 Å². The number of methoxy groups -OCH3 is 1. The molecule has 80 valence electrons. The maximum Gasteiger partial charge on any atom is 0.427 e. The van der Waals surface area contributed by atoms with Gasteiger partial charge in [0.1, 0.15) is 0 Å². The number of hydrogen-bond acceptors (Lipinski definition) is 4. The normalized spacial score (nSPS) is 10.9. The summed E-state index contributed by atoms with van der Waals surface area (Å²) in [6.45, 7) is 1.77. The average Bonchev–Trinajstić information content (AvgIpc) is 2.25. The smallest absolute Gasteiger partial charge is 0.427 e. The summed E-state index contributed by atoms with van der Waals surface area (Å²) in [5, 5.41) is 3.84. The van der Waals surface area contributed by atoms with Crippen LogP contribution >= 0.6 is 0 Å². The molecule has 0 aliphatic carbocycles. The van der Waals surface area contributed by atoms with Crippen molar-refractivity contribution in [1.82, 2.24) is 5.43 Å². The summed E-state index contributed by atoms with van der Waals surface area (Å²) in [7, 11) is 1.28. The predicted octanol–water partition coefficient (Wildman–Crippen LogP) is 1.35.